The van der Waals surface area contributed by atoms with Gasteiger partial charge in [0.15, 0.2) is 5.50 Å². The van der Waals surface area contributed by atoms with Gasteiger partial charge in [-0.05, 0) is 24.3 Å². The number of carbonyl (C=O) groups is 3. The van der Waals surface area contributed by atoms with E-state index >= 15 is 0 Å². The molecule has 3 rings (SSSR count). The highest BCUT2D eigenvalue weighted by molar-refractivity contribution is 7.80. The molecular formula is C19H17ClFN3O4S. The molecule has 1 saturated heterocycles. The number of imide groups is 1. The number of thiol groups is 1. The Balaban J connectivity index is 1.88. The van der Waals surface area contributed by atoms with Gasteiger partial charge in [0, 0.05) is 19.7 Å². The molecule has 4 amide bonds. The maximum Gasteiger partial charge on any atom is 0.338 e. The topological polar surface area (TPSA) is 70.2 Å². The molecule has 1 aliphatic heterocycles. The van der Waals surface area contributed by atoms with Crippen LogP contribution in [-0.4, -0.2) is 47.4 Å². The van der Waals surface area contributed by atoms with E-state index in [1.165, 1.54) is 30.0 Å². The standard InChI is InChI=1S/C19H17ClFN3O4S/c1-22-17(26)24(18(27)23(2)19(22)29)15-8-12(13(20)9-14(15)21)10-28-16(25)11-6-4-3-5-7-11/h3-9,19,29H,10H2,1-2H3. The summed E-state index contributed by atoms with van der Waals surface area (Å²) in [6.45, 7) is -0.267. The Bertz CT molecular complexity index is 953. The van der Waals surface area contributed by atoms with Crippen LogP contribution in [0.2, 0.25) is 5.02 Å². The third kappa shape index (κ3) is 4.01. The summed E-state index contributed by atoms with van der Waals surface area (Å²) in [4.78, 5) is 40.3. The second-order valence-corrected chi connectivity index (χ2v) is 7.18. The molecule has 0 N–H and O–H groups in total. The van der Waals surface area contributed by atoms with Crippen LogP contribution in [0.25, 0.3) is 0 Å². The molecule has 2 aromatic rings. The van der Waals surface area contributed by atoms with E-state index in [1.54, 1.807) is 30.3 Å². The fourth-order valence-electron chi connectivity index (χ4n) is 2.72. The second kappa shape index (κ2) is 8.30. The highest BCUT2D eigenvalue weighted by Crippen LogP contribution is 2.31. The van der Waals surface area contributed by atoms with Gasteiger partial charge in [0.05, 0.1) is 16.3 Å². The third-order valence-electron chi connectivity index (χ3n) is 4.40. The normalized spacial score (nSPS) is 15.1. The number of nitrogens with zero attached hydrogens (tertiary/aromatic N) is 3. The van der Waals surface area contributed by atoms with Crippen molar-refractivity contribution in [2.45, 2.75) is 12.1 Å². The molecule has 0 aliphatic carbocycles. The van der Waals surface area contributed by atoms with Gasteiger partial charge in [-0.3, -0.25) is 9.80 Å². The van der Waals surface area contributed by atoms with Crippen molar-refractivity contribution in [3.8, 4) is 0 Å². The zero-order valence-electron chi connectivity index (χ0n) is 15.5. The predicted molar refractivity (Wildman–Crippen MR) is 109 cm³/mol. The molecule has 0 radical (unpaired) electrons. The van der Waals surface area contributed by atoms with Crippen molar-refractivity contribution in [3.05, 3.63) is 64.4 Å². The number of urea groups is 2. The molecule has 0 bridgehead atoms. The molecule has 2 aromatic carbocycles. The van der Waals surface area contributed by atoms with Crippen molar-refractivity contribution in [2.24, 2.45) is 0 Å². The van der Waals surface area contributed by atoms with Gasteiger partial charge >= 0.3 is 18.0 Å². The first kappa shape index (κ1) is 20.9. The highest BCUT2D eigenvalue weighted by Gasteiger charge is 2.41. The molecule has 0 aromatic heterocycles. The van der Waals surface area contributed by atoms with Crippen molar-refractivity contribution in [2.75, 3.05) is 19.0 Å². The molecule has 1 heterocycles. The zero-order chi connectivity index (χ0) is 21.3. The van der Waals surface area contributed by atoms with E-state index in [-0.39, 0.29) is 22.9 Å². The van der Waals surface area contributed by atoms with E-state index in [4.69, 9.17) is 16.3 Å². The number of hydrogen-bond acceptors (Lipinski definition) is 5. The first-order valence-corrected chi connectivity index (χ1v) is 9.33. The molecule has 152 valence electrons. The van der Waals surface area contributed by atoms with Crippen LogP contribution < -0.4 is 4.90 Å². The first-order valence-electron chi connectivity index (χ1n) is 8.44. The van der Waals surface area contributed by atoms with Crippen LogP contribution in [0.3, 0.4) is 0 Å². The SMILES string of the molecule is CN1C(=O)N(c2cc(COC(=O)c3ccccc3)c(Cl)cc2F)C(=O)N(C)C1S. The van der Waals surface area contributed by atoms with Crippen molar-refractivity contribution in [1.82, 2.24) is 9.80 Å². The number of carbonyl (C=O) groups excluding carboxylic acids is 3. The summed E-state index contributed by atoms with van der Waals surface area (Å²) in [5, 5.41) is -0.00204. The summed E-state index contributed by atoms with van der Waals surface area (Å²) in [5.41, 5.74) is -0.497. The maximum atomic E-state index is 14.6. The van der Waals surface area contributed by atoms with Gasteiger partial charge in [0.2, 0.25) is 0 Å². The Hall–Kier alpha value is -2.78. The molecule has 0 spiro atoms. The van der Waals surface area contributed by atoms with Gasteiger partial charge in [-0.1, -0.05) is 29.8 Å². The maximum absolute atomic E-state index is 14.6. The minimum absolute atomic E-state index is 0.00204. The minimum Gasteiger partial charge on any atom is -0.457 e. The molecule has 1 aliphatic rings. The van der Waals surface area contributed by atoms with Gasteiger partial charge in [0.25, 0.3) is 0 Å². The van der Waals surface area contributed by atoms with Crippen LogP contribution in [0.5, 0.6) is 0 Å². The lowest BCUT2D eigenvalue weighted by Crippen LogP contribution is -2.62. The molecule has 0 atom stereocenters. The lowest BCUT2D eigenvalue weighted by Gasteiger charge is -2.41. The monoisotopic (exact) mass is 437 g/mol. The predicted octanol–water partition coefficient (Wildman–Crippen LogP) is 3.97. The van der Waals surface area contributed by atoms with Crippen molar-refractivity contribution >= 4 is 47.9 Å². The number of hydrogen-bond donors (Lipinski definition) is 1. The van der Waals surface area contributed by atoms with Crippen LogP contribution in [0, 0.1) is 5.82 Å². The molecule has 7 nitrogen and oxygen atoms in total. The zero-order valence-corrected chi connectivity index (χ0v) is 17.2. The first-order chi connectivity index (χ1) is 13.7. The van der Waals surface area contributed by atoms with Crippen LogP contribution in [-0.2, 0) is 11.3 Å². The van der Waals surface area contributed by atoms with Crippen molar-refractivity contribution in [1.29, 1.82) is 0 Å². The van der Waals surface area contributed by atoms with E-state index < -0.39 is 29.3 Å². The molecular weight excluding hydrogens is 421 g/mol. The summed E-state index contributed by atoms with van der Waals surface area (Å²) in [6.07, 6.45) is 0. The highest BCUT2D eigenvalue weighted by atomic mass is 35.5. The largest absolute Gasteiger partial charge is 0.457 e. The number of amides is 4. The molecule has 1 fully saturated rings. The van der Waals surface area contributed by atoms with Crippen molar-refractivity contribution < 1.29 is 23.5 Å². The van der Waals surface area contributed by atoms with Gasteiger partial charge < -0.3 is 4.74 Å². The fourth-order valence-corrected chi connectivity index (χ4v) is 3.13. The van der Waals surface area contributed by atoms with Gasteiger partial charge in [-0.2, -0.15) is 0 Å². The average molecular weight is 438 g/mol. The second-order valence-electron chi connectivity index (χ2n) is 6.31. The Morgan fingerprint density at radius 2 is 1.72 bits per heavy atom. The molecule has 0 saturated carbocycles. The van der Waals surface area contributed by atoms with Crippen LogP contribution in [0.4, 0.5) is 19.7 Å². The quantitative estimate of drug-likeness (QED) is 0.580. The van der Waals surface area contributed by atoms with E-state index in [1.807, 2.05) is 0 Å². The van der Waals surface area contributed by atoms with Crippen LogP contribution >= 0.6 is 24.2 Å². The number of benzene rings is 2. The third-order valence-corrected chi connectivity index (χ3v) is 5.45. The van der Waals surface area contributed by atoms with E-state index in [9.17, 15) is 18.8 Å². The number of halogens is 2. The Kier molecular flexibility index (Phi) is 5.99. The molecule has 29 heavy (non-hydrogen) atoms. The van der Waals surface area contributed by atoms with Crippen LogP contribution in [0.1, 0.15) is 15.9 Å². The van der Waals surface area contributed by atoms with E-state index in [0.29, 0.717) is 10.5 Å². The number of ether oxygens (including phenoxy) is 1. The smallest absolute Gasteiger partial charge is 0.338 e. The van der Waals surface area contributed by atoms with Gasteiger partial charge in [0.1, 0.15) is 12.4 Å². The average Bonchev–Trinajstić information content (AvgIpc) is 2.72. The minimum atomic E-state index is -0.866. The van der Waals surface area contributed by atoms with E-state index in [2.05, 4.69) is 12.6 Å². The lowest BCUT2D eigenvalue weighted by molar-refractivity contribution is 0.0472. The summed E-state index contributed by atoms with van der Waals surface area (Å²) in [6, 6.07) is 9.00. The fraction of sp³-hybridized carbons (Fsp3) is 0.211. The van der Waals surface area contributed by atoms with Crippen molar-refractivity contribution in [3.63, 3.8) is 0 Å². The van der Waals surface area contributed by atoms with Gasteiger partial charge in [-0.25, -0.2) is 23.7 Å². The molecule has 0 unspecified atom stereocenters. The van der Waals surface area contributed by atoms with Crippen LogP contribution in [0.15, 0.2) is 42.5 Å². The number of rotatable bonds is 4. The Labute approximate surface area is 177 Å². The summed E-state index contributed by atoms with van der Waals surface area (Å²) in [5.74, 6) is -1.45. The van der Waals surface area contributed by atoms with E-state index in [0.717, 1.165) is 6.07 Å². The molecule has 10 heteroatoms. The number of anilines is 1. The summed E-state index contributed by atoms with van der Waals surface area (Å²) in [7, 11) is 2.87. The number of esters is 1. The lowest BCUT2D eigenvalue weighted by atomic mass is 10.1. The summed E-state index contributed by atoms with van der Waals surface area (Å²) >= 11 is 10.3. The summed E-state index contributed by atoms with van der Waals surface area (Å²) < 4.78 is 19.8. The Morgan fingerprint density at radius 1 is 1.14 bits per heavy atom. The Morgan fingerprint density at radius 3 is 2.31 bits per heavy atom. The van der Waals surface area contributed by atoms with Gasteiger partial charge in [-0.15, -0.1) is 12.6 Å².